The summed E-state index contributed by atoms with van der Waals surface area (Å²) < 4.78 is 5.21. The molecule has 0 N–H and O–H groups in total. The standard InChI is InChI=1S/C19H24O2/c1-21-19-12-8-17(9-13-19)15-4-2-14(3-5-15)16-6-10-18(20)11-7-16/h4,8-9,12-14,16H,2-3,5-7,10-11H2,1H3. The van der Waals surface area contributed by atoms with Crippen molar-refractivity contribution in [3.63, 3.8) is 0 Å². The fraction of sp³-hybridized carbons (Fsp3) is 0.526. The van der Waals surface area contributed by atoms with Gasteiger partial charge in [-0.1, -0.05) is 18.2 Å². The van der Waals surface area contributed by atoms with Crippen molar-refractivity contribution in [2.45, 2.75) is 44.9 Å². The molecule has 0 spiro atoms. The maximum Gasteiger partial charge on any atom is 0.132 e. The Hall–Kier alpha value is -1.57. The fourth-order valence-corrected chi connectivity index (χ4v) is 3.78. The number of methoxy groups -OCH3 is 1. The van der Waals surface area contributed by atoms with Gasteiger partial charge in [-0.05, 0) is 67.2 Å². The summed E-state index contributed by atoms with van der Waals surface area (Å²) in [5, 5.41) is 0. The highest BCUT2D eigenvalue weighted by atomic mass is 16.5. The SMILES string of the molecule is COc1ccc(C2=CCC(C3CCC(=O)CC3)CC2)cc1. The summed E-state index contributed by atoms with van der Waals surface area (Å²) in [5.41, 5.74) is 2.80. The molecular formula is C19H24O2. The summed E-state index contributed by atoms with van der Waals surface area (Å²) in [5.74, 6) is 2.95. The highest BCUT2D eigenvalue weighted by molar-refractivity contribution is 5.79. The highest BCUT2D eigenvalue weighted by Crippen LogP contribution is 2.39. The van der Waals surface area contributed by atoms with Crippen LogP contribution in [0, 0.1) is 11.8 Å². The Kier molecular flexibility index (Phi) is 4.42. The molecule has 21 heavy (non-hydrogen) atoms. The van der Waals surface area contributed by atoms with Gasteiger partial charge < -0.3 is 4.74 Å². The molecule has 2 aliphatic rings. The minimum Gasteiger partial charge on any atom is -0.497 e. The molecule has 2 heteroatoms. The number of carbonyl (C=O) groups excluding carboxylic acids is 1. The number of allylic oxidation sites excluding steroid dienone is 2. The van der Waals surface area contributed by atoms with Gasteiger partial charge >= 0.3 is 0 Å². The number of rotatable bonds is 3. The third-order valence-corrected chi connectivity index (χ3v) is 5.17. The van der Waals surface area contributed by atoms with Crippen LogP contribution < -0.4 is 4.74 Å². The number of Topliss-reactive ketones (excluding diaryl/α,β-unsaturated/α-hetero) is 1. The molecule has 1 saturated carbocycles. The van der Waals surface area contributed by atoms with Crippen LogP contribution in [0.2, 0.25) is 0 Å². The lowest BCUT2D eigenvalue weighted by Gasteiger charge is -2.32. The van der Waals surface area contributed by atoms with Crippen LogP contribution in [0.4, 0.5) is 0 Å². The largest absolute Gasteiger partial charge is 0.497 e. The quantitative estimate of drug-likeness (QED) is 0.808. The van der Waals surface area contributed by atoms with Crippen molar-refractivity contribution in [1.29, 1.82) is 0 Å². The van der Waals surface area contributed by atoms with Crippen molar-refractivity contribution in [3.8, 4) is 5.75 Å². The Bertz CT molecular complexity index is 517. The molecule has 1 unspecified atom stereocenters. The first kappa shape index (κ1) is 14.4. The molecule has 1 atom stereocenters. The van der Waals surface area contributed by atoms with E-state index in [4.69, 9.17) is 4.74 Å². The second kappa shape index (κ2) is 6.46. The van der Waals surface area contributed by atoms with E-state index in [0.717, 1.165) is 43.3 Å². The summed E-state index contributed by atoms with van der Waals surface area (Å²) in [4.78, 5) is 11.4. The lowest BCUT2D eigenvalue weighted by Crippen LogP contribution is -2.23. The molecule has 3 rings (SSSR count). The Morgan fingerprint density at radius 1 is 0.952 bits per heavy atom. The second-order valence-corrected chi connectivity index (χ2v) is 6.37. The molecule has 1 aromatic rings. The van der Waals surface area contributed by atoms with Crippen molar-refractivity contribution in [3.05, 3.63) is 35.9 Å². The fourth-order valence-electron chi connectivity index (χ4n) is 3.78. The maximum absolute atomic E-state index is 11.4. The minimum absolute atomic E-state index is 0.469. The Balaban J connectivity index is 1.62. The summed E-state index contributed by atoms with van der Waals surface area (Å²) in [6.07, 6.45) is 9.92. The zero-order valence-corrected chi connectivity index (χ0v) is 12.8. The monoisotopic (exact) mass is 284 g/mol. The average Bonchev–Trinajstić information content (AvgIpc) is 2.56. The molecule has 2 nitrogen and oxygen atoms in total. The summed E-state index contributed by atoms with van der Waals surface area (Å²) in [7, 11) is 1.70. The average molecular weight is 284 g/mol. The first-order valence-corrected chi connectivity index (χ1v) is 8.11. The predicted molar refractivity (Wildman–Crippen MR) is 85.3 cm³/mol. The number of benzene rings is 1. The van der Waals surface area contributed by atoms with E-state index in [-0.39, 0.29) is 0 Å². The lowest BCUT2D eigenvalue weighted by molar-refractivity contribution is -0.121. The highest BCUT2D eigenvalue weighted by Gasteiger charge is 2.27. The van der Waals surface area contributed by atoms with E-state index in [1.807, 2.05) is 12.1 Å². The van der Waals surface area contributed by atoms with Gasteiger partial charge in [-0.2, -0.15) is 0 Å². The van der Waals surface area contributed by atoms with E-state index in [2.05, 4.69) is 18.2 Å². The van der Waals surface area contributed by atoms with E-state index < -0.39 is 0 Å². The van der Waals surface area contributed by atoms with Crippen LogP contribution in [0.5, 0.6) is 5.75 Å². The van der Waals surface area contributed by atoms with Crippen molar-refractivity contribution < 1.29 is 9.53 Å². The smallest absolute Gasteiger partial charge is 0.132 e. The lowest BCUT2D eigenvalue weighted by atomic mass is 9.73. The summed E-state index contributed by atoms with van der Waals surface area (Å²) >= 11 is 0. The van der Waals surface area contributed by atoms with Gasteiger partial charge in [0, 0.05) is 12.8 Å². The van der Waals surface area contributed by atoms with Crippen LogP contribution in [-0.4, -0.2) is 12.9 Å². The van der Waals surface area contributed by atoms with Crippen LogP contribution >= 0.6 is 0 Å². The molecule has 0 bridgehead atoms. The molecule has 0 amide bonds. The van der Waals surface area contributed by atoms with E-state index >= 15 is 0 Å². The van der Waals surface area contributed by atoms with Gasteiger partial charge in [0.1, 0.15) is 11.5 Å². The van der Waals surface area contributed by atoms with Gasteiger partial charge in [0.05, 0.1) is 7.11 Å². The Morgan fingerprint density at radius 3 is 2.19 bits per heavy atom. The van der Waals surface area contributed by atoms with Crippen LogP contribution in [0.1, 0.15) is 50.5 Å². The molecule has 0 aliphatic heterocycles. The molecular weight excluding hydrogens is 260 g/mol. The van der Waals surface area contributed by atoms with Crippen LogP contribution in [0.15, 0.2) is 30.3 Å². The van der Waals surface area contributed by atoms with Crippen LogP contribution in [-0.2, 0) is 4.79 Å². The van der Waals surface area contributed by atoms with Crippen LogP contribution in [0.25, 0.3) is 5.57 Å². The number of ether oxygens (including phenoxy) is 1. The van der Waals surface area contributed by atoms with Gasteiger partial charge in [-0.25, -0.2) is 0 Å². The van der Waals surface area contributed by atoms with Gasteiger partial charge in [-0.15, -0.1) is 0 Å². The molecule has 0 radical (unpaired) electrons. The second-order valence-electron chi connectivity index (χ2n) is 6.37. The van der Waals surface area contributed by atoms with Gasteiger partial charge in [0.2, 0.25) is 0 Å². The minimum atomic E-state index is 0.469. The number of ketones is 1. The molecule has 0 heterocycles. The van der Waals surface area contributed by atoms with Gasteiger partial charge in [-0.3, -0.25) is 4.79 Å². The third-order valence-electron chi connectivity index (χ3n) is 5.17. The molecule has 0 saturated heterocycles. The first-order valence-electron chi connectivity index (χ1n) is 8.11. The van der Waals surface area contributed by atoms with Gasteiger partial charge in [0.25, 0.3) is 0 Å². The maximum atomic E-state index is 11.4. The topological polar surface area (TPSA) is 26.3 Å². The Labute approximate surface area is 127 Å². The molecule has 0 aromatic heterocycles. The summed E-state index contributed by atoms with van der Waals surface area (Å²) in [6, 6.07) is 8.39. The summed E-state index contributed by atoms with van der Waals surface area (Å²) in [6.45, 7) is 0. The normalized spacial score (nSPS) is 23.8. The number of hydrogen-bond acceptors (Lipinski definition) is 2. The number of hydrogen-bond donors (Lipinski definition) is 0. The van der Waals surface area contributed by atoms with Crippen molar-refractivity contribution in [2.75, 3.05) is 7.11 Å². The van der Waals surface area contributed by atoms with Gasteiger partial charge in [0.15, 0.2) is 0 Å². The third kappa shape index (κ3) is 3.37. The zero-order valence-electron chi connectivity index (χ0n) is 12.8. The van der Waals surface area contributed by atoms with Crippen molar-refractivity contribution in [2.24, 2.45) is 11.8 Å². The molecule has 1 aromatic carbocycles. The molecule has 1 fully saturated rings. The zero-order chi connectivity index (χ0) is 14.7. The first-order chi connectivity index (χ1) is 10.3. The van der Waals surface area contributed by atoms with Crippen LogP contribution in [0.3, 0.4) is 0 Å². The van der Waals surface area contributed by atoms with Crippen molar-refractivity contribution in [1.82, 2.24) is 0 Å². The van der Waals surface area contributed by atoms with E-state index in [1.165, 1.54) is 30.4 Å². The molecule has 112 valence electrons. The predicted octanol–water partition coefficient (Wildman–Crippen LogP) is 4.64. The van der Waals surface area contributed by atoms with E-state index in [0.29, 0.717) is 5.78 Å². The van der Waals surface area contributed by atoms with E-state index in [1.54, 1.807) is 7.11 Å². The number of carbonyl (C=O) groups is 1. The molecule has 2 aliphatic carbocycles. The van der Waals surface area contributed by atoms with Crippen molar-refractivity contribution >= 4 is 11.4 Å². The van der Waals surface area contributed by atoms with E-state index in [9.17, 15) is 4.79 Å². The Morgan fingerprint density at radius 2 is 1.62 bits per heavy atom.